The van der Waals surface area contributed by atoms with Gasteiger partial charge >= 0.3 is 0 Å². The summed E-state index contributed by atoms with van der Waals surface area (Å²) in [5.41, 5.74) is 2.68. The standard InChI is InChI=1S/C23H28FN3O2/c24-19-9-7-18(8-10-19)22(26-11-3-4-12-26)17-25-23(28)20-5-1-2-6-21(20)27-13-15-29-16-14-27/h1-2,5-10,22H,3-4,11-17H2,(H,25,28). The lowest BCUT2D eigenvalue weighted by Crippen LogP contribution is -2.39. The van der Waals surface area contributed by atoms with Crippen molar-refractivity contribution in [2.75, 3.05) is 50.8 Å². The molecule has 29 heavy (non-hydrogen) atoms. The third-order valence-electron chi connectivity index (χ3n) is 5.79. The maximum Gasteiger partial charge on any atom is 0.253 e. The third-order valence-corrected chi connectivity index (χ3v) is 5.79. The SMILES string of the molecule is O=C(NCC(c1ccc(F)cc1)N1CCCC1)c1ccccc1N1CCOCC1. The summed E-state index contributed by atoms with van der Waals surface area (Å²) in [5, 5.41) is 3.14. The van der Waals surface area contributed by atoms with E-state index < -0.39 is 0 Å². The highest BCUT2D eigenvalue weighted by Gasteiger charge is 2.25. The van der Waals surface area contributed by atoms with Crippen molar-refractivity contribution in [1.82, 2.24) is 10.2 Å². The molecule has 0 aliphatic carbocycles. The number of nitrogens with zero attached hydrogens (tertiary/aromatic N) is 2. The Labute approximate surface area is 171 Å². The van der Waals surface area contributed by atoms with Crippen LogP contribution in [-0.2, 0) is 4.74 Å². The lowest BCUT2D eigenvalue weighted by atomic mass is 10.0. The zero-order valence-corrected chi connectivity index (χ0v) is 16.6. The molecule has 0 radical (unpaired) electrons. The number of ether oxygens (including phenoxy) is 1. The Bertz CT molecular complexity index is 815. The predicted octanol–water partition coefficient (Wildman–Crippen LogP) is 3.23. The fourth-order valence-electron chi connectivity index (χ4n) is 4.23. The molecule has 154 valence electrons. The van der Waals surface area contributed by atoms with Crippen LogP contribution >= 0.6 is 0 Å². The van der Waals surface area contributed by atoms with Gasteiger partial charge in [0.25, 0.3) is 5.91 Å². The molecule has 2 fully saturated rings. The van der Waals surface area contributed by atoms with Gasteiger partial charge in [0.2, 0.25) is 0 Å². The van der Waals surface area contributed by atoms with E-state index in [9.17, 15) is 9.18 Å². The minimum atomic E-state index is -0.239. The Morgan fingerprint density at radius 2 is 1.69 bits per heavy atom. The summed E-state index contributed by atoms with van der Waals surface area (Å²) in [4.78, 5) is 17.6. The molecule has 2 heterocycles. The van der Waals surface area contributed by atoms with Gasteiger partial charge in [-0.05, 0) is 55.8 Å². The molecule has 6 heteroatoms. The van der Waals surface area contributed by atoms with Gasteiger partial charge in [0.05, 0.1) is 24.8 Å². The molecule has 0 bridgehead atoms. The lowest BCUT2D eigenvalue weighted by Gasteiger charge is -2.31. The Hall–Kier alpha value is -2.44. The van der Waals surface area contributed by atoms with Gasteiger partial charge in [-0.2, -0.15) is 0 Å². The number of halogens is 1. The first-order valence-electron chi connectivity index (χ1n) is 10.4. The van der Waals surface area contributed by atoms with Crippen LogP contribution in [0.2, 0.25) is 0 Å². The van der Waals surface area contributed by atoms with Crippen LogP contribution in [-0.4, -0.2) is 56.7 Å². The average molecular weight is 397 g/mol. The number of rotatable bonds is 6. The number of para-hydroxylation sites is 1. The van der Waals surface area contributed by atoms with Crippen molar-refractivity contribution in [2.24, 2.45) is 0 Å². The normalized spacial score (nSPS) is 18.6. The highest BCUT2D eigenvalue weighted by atomic mass is 19.1. The van der Waals surface area contributed by atoms with E-state index >= 15 is 0 Å². The van der Waals surface area contributed by atoms with E-state index in [1.54, 1.807) is 0 Å². The van der Waals surface area contributed by atoms with E-state index in [0.717, 1.165) is 50.3 Å². The Kier molecular flexibility index (Phi) is 6.42. The number of anilines is 1. The summed E-state index contributed by atoms with van der Waals surface area (Å²) < 4.78 is 18.8. The molecule has 1 amide bonds. The van der Waals surface area contributed by atoms with E-state index in [4.69, 9.17) is 4.74 Å². The number of nitrogens with one attached hydrogen (secondary N) is 1. The second kappa shape index (κ2) is 9.37. The highest BCUT2D eigenvalue weighted by molar-refractivity contribution is 5.99. The zero-order chi connectivity index (χ0) is 20.1. The highest BCUT2D eigenvalue weighted by Crippen LogP contribution is 2.26. The molecule has 0 saturated carbocycles. The van der Waals surface area contributed by atoms with Gasteiger partial charge in [0.15, 0.2) is 0 Å². The summed E-state index contributed by atoms with van der Waals surface area (Å²) in [5.74, 6) is -0.309. The second-order valence-electron chi connectivity index (χ2n) is 7.64. The Morgan fingerprint density at radius 1 is 1.00 bits per heavy atom. The quantitative estimate of drug-likeness (QED) is 0.813. The number of benzene rings is 2. The fourth-order valence-corrected chi connectivity index (χ4v) is 4.23. The van der Waals surface area contributed by atoms with Crippen molar-refractivity contribution < 1.29 is 13.9 Å². The molecule has 2 aliphatic rings. The molecule has 1 N–H and O–H groups in total. The van der Waals surface area contributed by atoms with E-state index in [1.165, 1.54) is 12.1 Å². The first-order chi connectivity index (χ1) is 14.2. The zero-order valence-electron chi connectivity index (χ0n) is 16.6. The largest absolute Gasteiger partial charge is 0.378 e. The number of hydrogen-bond acceptors (Lipinski definition) is 4. The van der Waals surface area contributed by atoms with Crippen LogP contribution in [0.25, 0.3) is 0 Å². The number of hydrogen-bond donors (Lipinski definition) is 1. The Balaban J connectivity index is 1.49. The number of carbonyl (C=O) groups excluding carboxylic acids is 1. The minimum absolute atomic E-state index is 0.0533. The molecule has 2 aromatic carbocycles. The number of likely N-dealkylation sites (tertiary alicyclic amines) is 1. The first-order valence-corrected chi connectivity index (χ1v) is 10.4. The van der Waals surface area contributed by atoms with Crippen LogP contribution in [0, 0.1) is 5.82 Å². The third kappa shape index (κ3) is 4.77. The van der Waals surface area contributed by atoms with Crippen molar-refractivity contribution in [3.63, 3.8) is 0 Å². The summed E-state index contributed by atoms with van der Waals surface area (Å²) in [6.45, 7) is 5.44. The summed E-state index contributed by atoms with van der Waals surface area (Å²) in [6.07, 6.45) is 2.32. The molecule has 4 rings (SSSR count). The smallest absolute Gasteiger partial charge is 0.253 e. The maximum atomic E-state index is 13.4. The monoisotopic (exact) mass is 397 g/mol. The summed E-state index contributed by atoms with van der Waals surface area (Å²) in [6, 6.07) is 14.4. The van der Waals surface area contributed by atoms with Crippen molar-refractivity contribution in [3.05, 3.63) is 65.5 Å². The van der Waals surface area contributed by atoms with Gasteiger partial charge in [-0.15, -0.1) is 0 Å². The molecule has 0 aromatic heterocycles. The van der Waals surface area contributed by atoms with Crippen LogP contribution < -0.4 is 10.2 Å². The molecule has 2 aromatic rings. The van der Waals surface area contributed by atoms with Gasteiger partial charge in [-0.1, -0.05) is 24.3 Å². The summed E-state index contributed by atoms with van der Waals surface area (Å²) in [7, 11) is 0. The van der Waals surface area contributed by atoms with Gasteiger partial charge in [0.1, 0.15) is 5.82 Å². The van der Waals surface area contributed by atoms with E-state index in [-0.39, 0.29) is 17.8 Å². The van der Waals surface area contributed by atoms with E-state index in [1.807, 2.05) is 36.4 Å². The molecular weight excluding hydrogens is 369 g/mol. The van der Waals surface area contributed by atoms with E-state index in [2.05, 4.69) is 15.1 Å². The summed E-state index contributed by atoms with van der Waals surface area (Å²) >= 11 is 0. The molecular formula is C23H28FN3O2. The topological polar surface area (TPSA) is 44.8 Å². The van der Waals surface area contributed by atoms with Crippen LogP contribution in [0.15, 0.2) is 48.5 Å². The number of morpholine rings is 1. The van der Waals surface area contributed by atoms with Crippen molar-refractivity contribution in [1.29, 1.82) is 0 Å². The average Bonchev–Trinajstić information content (AvgIpc) is 3.30. The predicted molar refractivity (Wildman–Crippen MR) is 112 cm³/mol. The number of carbonyl (C=O) groups is 1. The fraction of sp³-hybridized carbons (Fsp3) is 0.435. The second-order valence-corrected chi connectivity index (χ2v) is 7.64. The van der Waals surface area contributed by atoms with Gasteiger partial charge < -0.3 is 15.0 Å². The lowest BCUT2D eigenvalue weighted by molar-refractivity contribution is 0.0936. The van der Waals surface area contributed by atoms with Crippen LogP contribution in [0.3, 0.4) is 0 Å². The van der Waals surface area contributed by atoms with Crippen molar-refractivity contribution in [2.45, 2.75) is 18.9 Å². The molecule has 1 atom stereocenters. The molecule has 2 saturated heterocycles. The molecule has 1 unspecified atom stereocenters. The first kappa shape index (κ1) is 19.9. The van der Waals surface area contributed by atoms with Crippen LogP contribution in [0.4, 0.5) is 10.1 Å². The van der Waals surface area contributed by atoms with Gasteiger partial charge in [-0.25, -0.2) is 4.39 Å². The van der Waals surface area contributed by atoms with E-state index in [0.29, 0.717) is 25.3 Å². The van der Waals surface area contributed by atoms with Gasteiger partial charge in [0, 0.05) is 25.3 Å². The minimum Gasteiger partial charge on any atom is -0.378 e. The van der Waals surface area contributed by atoms with Gasteiger partial charge in [-0.3, -0.25) is 9.69 Å². The molecule has 2 aliphatic heterocycles. The van der Waals surface area contributed by atoms with Crippen LogP contribution in [0.5, 0.6) is 0 Å². The van der Waals surface area contributed by atoms with Crippen molar-refractivity contribution in [3.8, 4) is 0 Å². The maximum absolute atomic E-state index is 13.4. The molecule has 5 nitrogen and oxygen atoms in total. The van der Waals surface area contributed by atoms with Crippen LogP contribution in [0.1, 0.15) is 34.8 Å². The number of amides is 1. The Morgan fingerprint density at radius 3 is 2.41 bits per heavy atom. The molecule has 0 spiro atoms. The van der Waals surface area contributed by atoms with Crippen molar-refractivity contribution >= 4 is 11.6 Å².